The Morgan fingerprint density at radius 3 is 2.50 bits per heavy atom. The van der Waals surface area contributed by atoms with Gasteiger partial charge in [-0.05, 0) is 32.4 Å². The maximum absolute atomic E-state index is 10.9. The van der Waals surface area contributed by atoms with Crippen molar-refractivity contribution in [1.82, 2.24) is 5.06 Å². The van der Waals surface area contributed by atoms with Gasteiger partial charge in [-0.15, -0.1) is 0 Å². The molecule has 0 heterocycles. The van der Waals surface area contributed by atoms with Gasteiger partial charge in [0.2, 0.25) is 6.41 Å². The lowest BCUT2D eigenvalue weighted by Gasteiger charge is -2.26. The van der Waals surface area contributed by atoms with Crippen molar-refractivity contribution >= 4 is 22.3 Å². The third kappa shape index (κ3) is 4.33. The second-order valence-corrected chi connectivity index (χ2v) is 5.33. The number of hydrogen-bond donors (Lipinski definition) is 0. The van der Waals surface area contributed by atoms with Gasteiger partial charge in [-0.3, -0.25) is 9.63 Å². The van der Waals surface area contributed by atoms with Crippen LogP contribution in [-0.2, 0) is 16.2 Å². The monoisotopic (exact) mass is 285 g/mol. The van der Waals surface area contributed by atoms with Crippen LogP contribution in [0.4, 0.5) is 0 Å². The second-order valence-electron chi connectivity index (χ2n) is 4.48. The summed E-state index contributed by atoms with van der Waals surface area (Å²) < 4.78 is 0.972. The van der Waals surface area contributed by atoms with Crippen LogP contribution < -0.4 is 0 Å². The molecule has 0 fully saturated rings. The minimum absolute atomic E-state index is 0.373. The zero-order chi connectivity index (χ0) is 12.2. The Kier molecular flexibility index (Phi) is 4.50. The van der Waals surface area contributed by atoms with E-state index in [2.05, 4.69) is 15.9 Å². The normalized spacial score (nSPS) is 11.2. The van der Waals surface area contributed by atoms with Crippen LogP contribution in [0.25, 0.3) is 0 Å². The summed E-state index contributed by atoms with van der Waals surface area (Å²) in [6.07, 6.45) is 0.699. The lowest BCUT2D eigenvalue weighted by molar-refractivity contribution is -0.220. The smallest absolute Gasteiger partial charge is 0.233 e. The van der Waals surface area contributed by atoms with Gasteiger partial charge >= 0.3 is 0 Å². The highest BCUT2D eigenvalue weighted by Gasteiger charge is 2.16. The average molecular weight is 286 g/mol. The Morgan fingerprint density at radius 1 is 1.38 bits per heavy atom. The van der Waals surface area contributed by atoms with E-state index in [0.717, 1.165) is 10.0 Å². The summed E-state index contributed by atoms with van der Waals surface area (Å²) in [5, 5.41) is 1.31. The van der Waals surface area contributed by atoms with Crippen molar-refractivity contribution in [2.75, 3.05) is 0 Å². The molecule has 1 aromatic carbocycles. The molecule has 16 heavy (non-hydrogen) atoms. The van der Waals surface area contributed by atoms with Crippen LogP contribution in [0.15, 0.2) is 28.7 Å². The van der Waals surface area contributed by atoms with Gasteiger partial charge in [0.1, 0.15) is 0 Å². The fourth-order valence-electron chi connectivity index (χ4n) is 1.24. The maximum Gasteiger partial charge on any atom is 0.233 e. The molecule has 0 radical (unpaired) electrons. The Hall–Kier alpha value is -0.870. The molecule has 1 amide bonds. The summed E-state index contributed by atoms with van der Waals surface area (Å²) in [6.45, 7) is 6.15. The van der Waals surface area contributed by atoms with Crippen LogP contribution in [0.2, 0.25) is 0 Å². The third-order valence-electron chi connectivity index (χ3n) is 1.79. The first kappa shape index (κ1) is 13.2. The van der Waals surface area contributed by atoms with Crippen LogP contribution >= 0.6 is 15.9 Å². The first-order valence-electron chi connectivity index (χ1n) is 5.07. The highest BCUT2D eigenvalue weighted by molar-refractivity contribution is 9.10. The Morgan fingerprint density at radius 2 is 2.00 bits per heavy atom. The molecular weight excluding hydrogens is 270 g/mol. The van der Waals surface area contributed by atoms with E-state index in [4.69, 9.17) is 4.84 Å². The topological polar surface area (TPSA) is 29.5 Å². The van der Waals surface area contributed by atoms with E-state index in [1.807, 2.05) is 45.0 Å². The summed E-state index contributed by atoms with van der Waals surface area (Å²) >= 11 is 3.44. The molecule has 0 bridgehead atoms. The zero-order valence-corrected chi connectivity index (χ0v) is 11.3. The Labute approximate surface area is 104 Å². The molecule has 4 heteroatoms. The van der Waals surface area contributed by atoms with Crippen molar-refractivity contribution < 1.29 is 9.63 Å². The minimum Gasteiger partial charge on any atom is -0.276 e. The average Bonchev–Trinajstić information content (AvgIpc) is 2.18. The summed E-state index contributed by atoms with van der Waals surface area (Å²) in [4.78, 5) is 16.4. The number of hydroxylamine groups is 2. The van der Waals surface area contributed by atoms with Crippen LogP contribution in [0.5, 0.6) is 0 Å². The molecule has 0 saturated heterocycles. The summed E-state index contributed by atoms with van der Waals surface area (Å²) in [5.41, 5.74) is 0.640. The molecule has 0 saturated carbocycles. The SMILES string of the molecule is CC(C)(C)ON(C=O)Cc1ccccc1Br. The van der Waals surface area contributed by atoms with E-state index in [0.29, 0.717) is 13.0 Å². The molecule has 88 valence electrons. The van der Waals surface area contributed by atoms with Gasteiger partial charge in [0, 0.05) is 4.47 Å². The molecule has 0 N–H and O–H groups in total. The first-order chi connectivity index (χ1) is 7.42. The fraction of sp³-hybridized carbons (Fsp3) is 0.417. The number of hydrogen-bond acceptors (Lipinski definition) is 2. The quantitative estimate of drug-likeness (QED) is 0.628. The predicted molar refractivity (Wildman–Crippen MR) is 66.6 cm³/mol. The lowest BCUT2D eigenvalue weighted by atomic mass is 10.2. The highest BCUT2D eigenvalue weighted by Crippen LogP contribution is 2.19. The van der Waals surface area contributed by atoms with Gasteiger partial charge in [-0.1, -0.05) is 34.1 Å². The van der Waals surface area contributed by atoms with Crippen molar-refractivity contribution in [3.8, 4) is 0 Å². The van der Waals surface area contributed by atoms with Gasteiger partial charge in [0.25, 0.3) is 0 Å². The van der Waals surface area contributed by atoms with Gasteiger partial charge in [0.15, 0.2) is 0 Å². The van der Waals surface area contributed by atoms with Crippen molar-refractivity contribution in [1.29, 1.82) is 0 Å². The van der Waals surface area contributed by atoms with Crippen molar-refractivity contribution in [2.45, 2.75) is 32.9 Å². The van der Waals surface area contributed by atoms with E-state index >= 15 is 0 Å². The zero-order valence-electron chi connectivity index (χ0n) is 9.74. The van der Waals surface area contributed by atoms with E-state index in [1.165, 1.54) is 5.06 Å². The number of carbonyl (C=O) groups is 1. The summed E-state index contributed by atoms with van der Waals surface area (Å²) in [6, 6.07) is 7.76. The minimum atomic E-state index is -0.373. The molecule has 3 nitrogen and oxygen atoms in total. The van der Waals surface area contributed by atoms with Crippen molar-refractivity contribution in [3.63, 3.8) is 0 Å². The molecule has 0 unspecified atom stereocenters. The Bertz CT molecular complexity index is 360. The van der Waals surface area contributed by atoms with Crippen molar-refractivity contribution in [2.24, 2.45) is 0 Å². The van der Waals surface area contributed by atoms with Crippen LogP contribution in [0.1, 0.15) is 26.3 Å². The van der Waals surface area contributed by atoms with Crippen LogP contribution in [-0.4, -0.2) is 17.1 Å². The number of nitrogens with zero attached hydrogens (tertiary/aromatic N) is 1. The lowest BCUT2D eigenvalue weighted by Crippen LogP contribution is -2.32. The largest absolute Gasteiger partial charge is 0.276 e. The number of carbonyl (C=O) groups excluding carboxylic acids is 1. The fourth-order valence-corrected chi connectivity index (χ4v) is 1.65. The maximum atomic E-state index is 10.9. The third-order valence-corrected chi connectivity index (χ3v) is 2.57. The molecule has 0 atom stereocenters. The van der Waals surface area contributed by atoms with Gasteiger partial charge in [0.05, 0.1) is 12.1 Å². The summed E-state index contributed by atoms with van der Waals surface area (Å²) in [5.74, 6) is 0. The van der Waals surface area contributed by atoms with Gasteiger partial charge in [-0.25, -0.2) is 5.06 Å². The second kappa shape index (κ2) is 5.46. The summed E-state index contributed by atoms with van der Waals surface area (Å²) in [7, 11) is 0. The van der Waals surface area contributed by atoms with E-state index < -0.39 is 0 Å². The molecule has 0 aliphatic carbocycles. The van der Waals surface area contributed by atoms with Gasteiger partial charge in [-0.2, -0.15) is 0 Å². The van der Waals surface area contributed by atoms with E-state index in [1.54, 1.807) is 0 Å². The highest BCUT2D eigenvalue weighted by atomic mass is 79.9. The predicted octanol–water partition coefficient (Wildman–Crippen LogP) is 3.14. The van der Waals surface area contributed by atoms with Gasteiger partial charge < -0.3 is 0 Å². The number of amides is 1. The standard InChI is InChI=1S/C12H16BrNO2/c1-12(2,3)16-14(9-15)8-10-6-4-5-7-11(10)13/h4-7,9H,8H2,1-3H3. The van der Waals surface area contributed by atoms with Crippen molar-refractivity contribution in [3.05, 3.63) is 34.3 Å². The molecule has 1 aromatic rings. The molecule has 0 aliphatic heterocycles. The Balaban J connectivity index is 2.71. The number of benzene rings is 1. The van der Waals surface area contributed by atoms with E-state index in [-0.39, 0.29) is 5.60 Å². The van der Waals surface area contributed by atoms with E-state index in [9.17, 15) is 4.79 Å². The molecule has 0 aliphatic rings. The molecule has 0 aromatic heterocycles. The van der Waals surface area contributed by atoms with Crippen LogP contribution in [0, 0.1) is 0 Å². The first-order valence-corrected chi connectivity index (χ1v) is 5.86. The number of rotatable bonds is 4. The molecular formula is C12H16BrNO2. The molecule has 1 rings (SSSR count). The number of halogens is 1. The van der Waals surface area contributed by atoms with Crippen LogP contribution in [0.3, 0.4) is 0 Å². The molecule has 0 spiro atoms.